The van der Waals surface area contributed by atoms with Crippen molar-refractivity contribution in [1.82, 2.24) is 10.6 Å². The van der Waals surface area contributed by atoms with Crippen molar-refractivity contribution >= 4 is 46.8 Å². The lowest BCUT2D eigenvalue weighted by molar-refractivity contribution is -0.118. The van der Waals surface area contributed by atoms with Gasteiger partial charge in [0.15, 0.2) is 0 Å². The molecular weight excluding hydrogens is 679 g/mol. The molecule has 49 heavy (non-hydrogen) atoms. The smallest absolute Gasteiger partial charge is 0.404 e. The average Bonchev–Trinajstić information content (AvgIpc) is 3.34. The van der Waals surface area contributed by atoms with E-state index in [1.807, 2.05) is 20.8 Å². The molecule has 4 atom stereocenters. The van der Waals surface area contributed by atoms with Crippen LogP contribution in [0.3, 0.4) is 0 Å². The predicted molar refractivity (Wildman–Crippen MR) is 182 cm³/mol. The van der Waals surface area contributed by atoms with Crippen LogP contribution in [0.25, 0.3) is 0 Å². The summed E-state index contributed by atoms with van der Waals surface area (Å²) in [7, 11) is 1.36. The minimum Gasteiger partial charge on any atom is -0.495 e. The third-order valence-electron chi connectivity index (χ3n) is 8.30. The van der Waals surface area contributed by atoms with Crippen LogP contribution in [0.2, 0.25) is 10.0 Å². The Kier molecular flexibility index (Phi) is 11.8. The highest BCUT2D eigenvalue weighted by Crippen LogP contribution is 2.53. The van der Waals surface area contributed by atoms with Crippen molar-refractivity contribution in [1.29, 1.82) is 5.26 Å². The molecule has 3 amide bonds. The number of ether oxygens (including phenoxy) is 2. The number of hydrogen-bond acceptors (Lipinski definition) is 7. The lowest BCUT2D eigenvalue weighted by Gasteiger charge is -2.37. The first-order valence-electron chi connectivity index (χ1n) is 15.4. The summed E-state index contributed by atoms with van der Waals surface area (Å²) >= 11 is 12.3. The Morgan fingerprint density at radius 3 is 2.47 bits per heavy atom. The van der Waals surface area contributed by atoms with Crippen molar-refractivity contribution in [3.05, 3.63) is 93.0 Å². The Bertz CT molecular complexity index is 1780. The second kappa shape index (κ2) is 15.4. The van der Waals surface area contributed by atoms with Gasteiger partial charge in [-0.2, -0.15) is 5.26 Å². The number of hydrogen-bond donors (Lipinski definition) is 4. The number of amides is 3. The summed E-state index contributed by atoms with van der Waals surface area (Å²) < 4.78 is 42.0. The van der Waals surface area contributed by atoms with Crippen molar-refractivity contribution in [3.63, 3.8) is 0 Å². The lowest BCUT2D eigenvalue weighted by Crippen LogP contribution is -2.45. The molecule has 4 rings (SSSR count). The SMILES string of the molecule is COc1cc(C(=O)NCCCOC(N)=O)ccc1NC(=O)[C@@H]1N[C@@H](CC(C)(C)C)[C@](C#N)(c2ccc(Cl)cc2F)[C@H]1c1cccc(Cl)c1F. The topological polar surface area (TPSA) is 156 Å². The fourth-order valence-electron chi connectivity index (χ4n) is 6.25. The number of primary amides is 1. The van der Waals surface area contributed by atoms with Gasteiger partial charge in [0.25, 0.3) is 5.91 Å². The van der Waals surface area contributed by atoms with Gasteiger partial charge in [-0.1, -0.05) is 62.2 Å². The molecule has 0 radical (unpaired) electrons. The molecule has 14 heteroatoms. The summed E-state index contributed by atoms with van der Waals surface area (Å²) in [5.74, 6) is -3.86. The van der Waals surface area contributed by atoms with Gasteiger partial charge in [0, 0.05) is 34.7 Å². The maximum atomic E-state index is 15.9. The summed E-state index contributed by atoms with van der Waals surface area (Å²) in [5.41, 5.74) is 3.02. The van der Waals surface area contributed by atoms with E-state index in [-0.39, 0.29) is 51.3 Å². The van der Waals surface area contributed by atoms with Gasteiger partial charge in [-0.15, -0.1) is 0 Å². The van der Waals surface area contributed by atoms with Crippen molar-refractivity contribution in [3.8, 4) is 11.8 Å². The fourth-order valence-corrected chi connectivity index (χ4v) is 6.59. The third kappa shape index (κ3) is 8.24. The van der Waals surface area contributed by atoms with Gasteiger partial charge in [0.05, 0.1) is 36.5 Å². The third-order valence-corrected chi connectivity index (χ3v) is 8.83. The van der Waals surface area contributed by atoms with Crippen LogP contribution in [0.1, 0.15) is 61.0 Å². The standard InChI is InChI=1S/C35H37Cl2F2N5O5/c1-34(2,3)17-27-35(18-40,22-11-10-20(36)16-24(22)38)28(21-7-5-8-23(37)29(21)39)30(44-27)32(46)43-25-12-9-19(15-26(25)48-4)31(45)42-13-6-14-49-33(41)47/h5,7-12,15-16,27-28,30,44H,6,13-14,17H2,1-4H3,(H2,41,47)(H,42,45)(H,43,46)/t27-,28-,30+,35-/m0/s1. The van der Waals surface area contributed by atoms with Crippen LogP contribution in [-0.4, -0.2) is 50.3 Å². The number of carbonyl (C=O) groups excluding carboxylic acids is 3. The van der Waals surface area contributed by atoms with Gasteiger partial charge in [-0.3, -0.25) is 9.59 Å². The number of methoxy groups -OCH3 is 1. The number of anilines is 1. The number of nitriles is 1. The number of nitrogens with zero attached hydrogens (tertiary/aromatic N) is 1. The number of carbonyl (C=O) groups is 3. The Morgan fingerprint density at radius 1 is 1.10 bits per heavy atom. The predicted octanol–water partition coefficient (Wildman–Crippen LogP) is 6.46. The molecule has 0 aliphatic carbocycles. The van der Waals surface area contributed by atoms with E-state index in [1.165, 1.54) is 55.6 Å². The van der Waals surface area contributed by atoms with E-state index in [2.05, 4.69) is 26.8 Å². The molecule has 1 heterocycles. The molecule has 0 saturated carbocycles. The second-order valence-electron chi connectivity index (χ2n) is 12.9. The molecule has 0 bridgehead atoms. The minimum atomic E-state index is -1.80. The van der Waals surface area contributed by atoms with E-state index >= 15 is 8.78 Å². The average molecular weight is 717 g/mol. The molecule has 1 aliphatic heterocycles. The Balaban J connectivity index is 1.75. The molecule has 260 valence electrons. The highest BCUT2D eigenvalue weighted by atomic mass is 35.5. The first kappa shape index (κ1) is 37.4. The fraction of sp³-hybridized carbons (Fsp3) is 0.371. The minimum absolute atomic E-state index is 0.0353. The van der Waals surface area contributed by atoms with Gasteiger partial charge in [-0.05, 0) is 60.2 Å². The molecular formula is C35H37Cl2F2N5O5. The highest BCUT2D eigenvalue weighted by molar-refractivity contribution is 6.31. The number of nitrogens with one attached hydrogen (secondary N) is 3. The zero-order valence-corrected chi connectivity index (χ0v) is 28.8. The van der Waals surface area contributed by atoms with Crippen LogP contribution in [0.5, 0.6) is 5.75 Å². The number of rotatable bonds is 11. The first-order chi connectivity index (χ1) is 23.1. The van der Waals surface area contributed by atoms with Gasteiger partial charge in [0.2, 0.25) is 5.91 Å². The number of benzene rings is 3. The van der Waals surface area contributed by atoms with E-state index in [0.717, 1.165) is 6.07 Å². The van der Waals surface area contributed by atoms with Crippen LogP contribution < -0.4 is 26.4 Å². The number of halogens is 4. The molecule has 1 aliphatic rings. The summed E-state index contributed by atoms with van der Waals surface area (Å²) in [5, 5.41) is 19.7. The molecule has 0 unspecified atom stereocenters. The van der Waals surface area contributed by atoms with Crippen LogP contribution >= 0.6 is 23.2 Å². The monoisotopic (exact) mass is 715 g/mol. The zero-order valence-electron chi connectivity index (χ0n) is 27.3. The molecule has 3 aromatic rings. The van der Waals surface area contributed by atoms with Crippen molar-refractivity contribution in [2.24, 2.45) is 11.1 Å². The van der Waals surface area contributed by atoms with E-state index < -0.39 is 58.4 Å². The molecule has 10 nitrogen and oxygen atoms in total. The lowest BCUT2D eigenvalue weighted by atomic mass is 9.62. The Hall–Kier alpha value is -4.44. The summed E-state index contributed by atoms with van der Waals surface area (Å²) in [6.45, 7) is 6.05. The van der Waals surface area contributed by atoms with E-state index in [9.17, 15) is 19.6 Å². The molecule has 0 spiro atoms. The van der Waals surface area contributed by atoms with Crippen LogP contribution in [0.4, 0.5) is 19.3 Å². The zero-order chi connectivity index (χ0) is 36.1. The maximum Gasteiger partial charge on any atom is 0.404 e. The van der Waals surface area contributed by atoms with Crippen LogP contribution in [0, 0.1) is 28.4 Å². The maximum absolute atomic E-state index is 15.9. The normalized spacial score (nSPS) is 20.3. The van der Waals surface area contributed by atoms with Crippen LogP contribution in [-0.2, 0) is 14.9 Å². The summed E-state index contributed by atoms with van der Waals surface area (Å²) in [4.78, 5) is 37.7. The van der Waals surface area contributed by atoms with E-state index in [4.69, 9.17) is 33.7 Å². The first-order valence-corrected chi connectivity index (χ1v) is 16.1. The summed E-state index contributed by atoms with van der Waals surface area (Å²) in [6.07, 6.45) is -0.277. The molecule has 1 saturated heterocycles. The van der Waals surface area contributed by atoms with Gasteiger partial charge in [0.1, 0.15) is 22.8 Å². The Labute approximate surface area is 293 Å². The number of nitrogens with two attached hydrogens (primary N) is 1. The Morgan fingerprint density at radius 2 is 1.84 bits per heavy atom. The van der Waals surface area contributed by atoms with Crippen molar-refractivity contribution < 1.29 is 32.6 Å². The van der Waals surface area contributed by atoms with Gasteiger partial charge in [-0.25, -0.2) is 13.6 Å². The molecule has 0 aromatic heterocycles. The highest BCUT2D eigenvalue weighted by Gasteiger charge is 2.61. The second-order valence-corrected chi connectivity index (χ2v) is 13.7. The van der Waals surface area contributed by atoms with E-state index in [0.29, 0.717) is 12.8 Å². The van der Waals surface area contributed by atoms with E-state index in [1.54, 1.807) is 0 Å². The summed E-state index contributed by atoms with van der Waals surface area (Å²) in [6, 6.07) is 12.8. The molecule has 3 aromatic carbocycles. The quantitative estimate of drug-likeness (QED) is 0.166. The molecule has 1 fully saturated rings. The van der Waals surface area contributed by atoms with Gasteiger partial charge >= 0.3 is 6.09 Å². The largest absolute Gasteiger partial charge is 0.495 e. The van der Waals surface area contributed by atoms with Crippen molar-refractivity contribution in [2.75, 3.05) is 25.6 Å². The van der Waals surface area contributed by atoms with Crippen LogP contribution in [0.15, 0.2) is 54.6 Å². The van der Waals surface area contributed by atoms with Crippen molar-refractivity contribution in [2.45, 2.75) is 57.0 Å². The van der Waals surface area contributed by atoms with Gasteiger partial charge < -0.3 is 31.2 Å². The molecule has 5 N–H and O–H groups in total.